The molecule has 1 N–H and O–H groups in total. The van der Waals surface area contributed by atoms with E-state index in [2.05, 4.69) is 25.3 Å². The quantitative estimate of drug-likeness (QED) is 0.744. The van der Waals surface area contributed by atoms with Crippen LogP contribution in [0.4, 0.5) is 5.82 Å². The van der Waals surface area contributed by atoms with Gasteiger partial charge in [-0.2, -0.15) is 9.97 Å². The Morgan fingerprint density at radius 2 is 2.28 bits per heavy atom. The number of nitrogens with zero attached hydrogens (tertiary/aromatic N) is 5. The molecule has 0 unspecified atom stereocenters. The molecule has 3 rings (SSSR count). The third kappa shape index (κ3) is 2.02. The summed E-state index contributed by atoms with van der Waals surface area (Å²) in [5.41, 5.74) is 1.41. The van der Waals surface area contributed by atoms with E-state index in [1.807, 2.05) is 17.0 Å². The van der Waals surface area contributed by atoms with Crippen LogP contribution in [0.1, 0.15) is 5.01 Å². The third-order valence-corrected chi connectivity index (χ3v) is 3.38. The van der Waals surface area contributed by atoms with Crippen LogP contribution in [-0.2, 0) is 13.6 Å². The van der Waals surface area contributed by atoms with E-state index in [4.69, 9.17) is 11.6 Å². The molecule has 8 heteroatoms. The zero-order valence-electron chi connectivity index (χ0n) is 9.46. The lowest BCUT2D eigenvalue weighted by molar-refractivity contribution is 0.941. The molecule has 3 aromatic heterocycles. The van der Waals surface area contributed by atoms with Crippen LogP contribution in [0.5, 0.6) is 0 Å². The molecule has 0 amide bonds. The molecule has 0 aliphatic carbocycles. The Bertz CT molecular complexity index is 677. The van der Waals surface area contributed by atoms with Gasteiger partial charge in [-0.05, 0) is 11.6 Å². The Hall–Kier alpha value is -1.73. The van der Waals surface area contributed by atoms with Gasteiger partial charge in [0, 0.05) is 18.6 Å². The van der Waals surface area contributed by atoms with Crippen LogP contribution in [0.3, 0.4) is 0 Å². The molecule has 18 heavy (non-hydrogen) atoms. The van der Waals surface area contributed by atoms with E-state index in [9.17, 15) is 0 Å². The van der Waals surface area contributed by atoms with Crippen molar-refractivity contribution in [3.8, 4) is 0 Å². The largest absolute Gasteiger partial charge is 0.362 e. The van der Waals surface area contributed by atoms with E-state index in [-0.39, 0.29) is 5.28 Å². The Morgan fingerprint density at radius 3 is 3.06 bits per heavy atom. The average Bonchev–Trinajstić information content (AvgIpc) is 2.96. The van der Waals surface area contributed by atoms with Crippen molar-refractivity contribution in [2.75, 3.05) is 5.32 Å². The van der Waals surface area contributed by atoms with Crippen molar-refractivity contribution in [3.05, 3.63) is 28.2 Å². The van der Waals surface area contributed by atoms with Crippen molar-refractivity contribution in [2.45, 2.75) is 6.54 Å². The van der Waals surface area contributed by atoms with Crippen LogP contribution in [0.15, 0.2) is 17.9 Å². The minimum Gasteiger partial charge on any atom is -0.362 e. The Kier molecular flexibility index (Phi) is 2.85. The van der Waals surface area contributed by atoms with Crippen LogP contribution in [0.25, 0.3) is 11.2 Å². The fraction of sp³-hybridized carbons (Fsp3) is 0.200. The number of aryl methyl sites for hydroxylation is 1. The molecule has 0 radical (unpaired) electrons. The first kappa shape index (κ1) is 11.4. The maximum absolute atomic E-state index is 5.87. The highest BCUT2D eigenvalue weighted by molar-refractivity contribution is 7.09. The van der Waals surface area contributed by atoms with Gasteiger partial charge in [0.15, 0.2) is 11.5 Å². The van der Waals surface area contributed by atoms with Crippen LogP contribution in [0.2, 0.25) is 5.28 Å². The van der Waals surface area contributed by atoms with Crippen LogP contribution >= 0.6 is 22.9 Å². The molecule has 0 fully saturated rings. The maximum Gasteiger partial charge on any atom is 0.226 e. The Labute approximate surface area is 112 Å². The van der Waals surface area contributed by atoms with E-state index in [1.54, 1.807) is 23.9 Å². The smallest absolute Gasteiger partial charge is 0.226 e. The fourth-order valence-electron chi connectivity index (χ4n) is 1.65. The molecule has 0 spiro atoms. The predicted octanol–water partition coefficient (Wildman–Crippen LogP) is 2.09. The number of hydrogen-bond donors (Lipinski definition) is 1. The molecule has 0 bridgehead atoms. The lowest BCUT2D eigenvalue weighted by atomic mass is 10.4. The summed E-state index contributed by atoms with van der Waals surface area (Å²) in [6.07, 6.45) is 3.46. The highest BCUT2D eigenvalue weighted by Gasteiger charge is 2.11. The SMILES string of the molecule is Cn1cnc2nc(Cl)nc(NCc3nccs3)c21. The number of nitrogens with one attached hydrogen (secondary N) is 1. The fourth-order valence-corrected chi connectivity index (χ4v) is 2.37. The third-order valence-electron chi connectivity index (χ3n) is 2.43. The number of fused-ring (bicyclic) bond motifs is 1. The van der Waals surface area contributed by atoms with Gasteiger partial charge in [0.1, 0.15) is 10.5 Å². The van der Waals surface area contributed by atoms with Crippen LogP contribution in [0, 0.1) is 0 Å². The summed E-state index contributed by atoms with van der Waals surface area (Å²) in [6, 6.07) is 0. The molecule has 3 aromatic rings. The number of imidazole rings is 1. The van der Waals surface area contributed by atoms with E-state index in [0.29, 0.717) is 18.0 Å². The summed E-state index contributed by atoms with van der Waals surface area (Å²) >= 11 is 7.45. The number of rotatable bonds is 3. The van der Waals surface area contributed by atoms with Crippen molar-refractivity contribution in [1.82, 2.24) is 24.5 Å². The lowest BCUT2D eigenvalue weighted by Crippen LogP contribution is -2.04. The van der Waals surface area contributed by atoms with Gasteiger partial charge < -0.3 is 9.88 Å². The van der Waals surface area contributed by atoms with E-state index < -0.39 is 0 Å². The van der Waals surface area contributed by atoms with Crippen molar-refractivity contribution >= 4 is 39.9 Å². The highest BCUT2D eigenvalue weighted by Crippen LogP contribution is 2.21. The topological polar surface area (TPSA) is 68.5 Å². The number of hydrogen-bond acceptors (Lipinski definition) is 6. The lowest BCUT2D eigenvalue weighted by Gasteiger charge is -2.06. The van der Waals surface area contributed by atoms with E-state index in [0.717, 1.165) is 10.5 Å². The molecule has 0 aliphatic rings. The normalized spacial score (nSPS) is 11.0. The second-order valence-electron chi connectivity index (χ2n) is 3.65. The predicted molar refractivity (Wildman–Crippen MR) is 70.8 cm³/mol. The van der Waals surface area contributed by atoms with Crippen molar-refractivity contribution in [1.29, 1.82) is 0 Å². The molecule has 3 heterocycles. The Morgan fingerprint density at radius 1 is 1.39 bits per heavy atom. The van der Waals surface area contributed by atoms with Crippen LogP contribution < -0.4 is 5.32 Å². The van der Waals surface area contributed by atoms with Crippen molar-refractivity contribution < 1.29 is 0 Å². The minimum absolute atomic E-state index is 0.183. The zero-order valence-corrected chi connectivity index (χ0v) is 11.0. The molecule has 6 nitrogen and oxygen atoms in total. The zero-order chi connectivity index (χ0) is 12.5. The van der Waals surface area contributed by atoms with E-state index in [1.165, 1.54) is 0 Å². The van der Waals surface area contributed by atoms with Crippen LogP contribution in [-0.4, -0.2) is 24.5 Å². The number of aromatic nitrogens is 5. The second kappa shape index (κ2) is 4.51. The van der Waals surface area contributed by atoms with Gasteiger partial charge >= 0.3 is 0 Å². The molecule has 0 aromatic carbocycles. The summed E-state index contributed by atoms with van der Waals surface area (Å²) in [5.74, 6) is 0.667. The monoisotopic (exact) mass is 280 g/mol. The maximum atomic E-state index is 5.87. The minimum atomic E-state index is 0.183. The van der Waals surface area contributed by atoms with Gasteiger partial charge in [-0.15, -0.1) is 11.3 Å². The van der Waals surface area contributed by atoms with Crippen molar-refractivity contribution in [3.63, 3.8) is 0 Å². The molecule has 92 valence electrons. The van der Waals surface area contributed by atoms with E-state index >= 15 is 0 Å². The molecular weight excluding hydrogens is 272 g/mol. The summed E-state index contributed by atoms with van der Waals surface area (Å²) in [6.45, 7) is 0.602. The van der Waals surface area contributed by atoms with Gasteiger partial charge in [0.2, 0.25) is 5.28 Å². The second-order valence-corrected chi connectivity index (χ2v) is 4.97. The summed E-state index contributed by atoms with van der Waals surface area (Å²) in [4.78, 5) is 16.6. The molecule has 0 aliphatic heterocycles. The molecule has 0 atom stereocenters. The molecule has 0 saturated carbocycles. The number of halogens is 1. The summed E-state index contributed by atoms with van der Waals surface area (Å²) < 4.78 is 1.86. The number of thiazole rings is 1. The highest BCUT2D eigenvalue weighted by atomic mass is 35.5. The molecule has 0 saturated heterocycles. The summed E-state index contributed by atoms with van der Waals surface area (Å²) in [5, 5.41) is 6.31. The van der Waals surface area contributed by atoms with Gasteiger partial charge in [-0.3, -0.25) is 0 Å². The first-order valence-corrected chi connectivity index (χ1v) is 6.46. The first-order valence-electron chi connectivity index (χ1n) is 5.21. The van der Waals surface area contributed by atoms with Gasteiger partial charge in [0.05, 0.1) is 12.9 Å². The van der Waals surface area contributed by atoms with Gasteiger partial charge in [-0.25, -0.2) is 9.97 Å². The van der Waals surface area contributed by atoms with Gasteiger partial charge in [-0.1, -0.05) is 0 Å². The van der Waals surface area contributed by atoms with Crippen molar-refractivity contribution in [2.24, 2.45) is 7.05 Å². The van der Waals surface area contributed by atoms with Gasteiger partial charge in [0.25, 0.3) is 0 Å². The summed E-state index contributed by atoms with van der Waals surface area (Å²) in [7, 11) is 1.89. The first-order chi connectivity index (χ1) is 8.74. The molecular formula is C10H9ClN6S. The number of anilines is 1. The average molecular weight is 281 g/mol. The standard InChI is InChI=1S/C10H9ClN6S/c1-17-5-14-9-7(17)8(15-10(11)16-9)13-4-6-12-2-3-18-6/h2-3,5H,4H2,1H3,(H,13,15,16). The Balaban J connectivity index is 1.97.